The van der Waals surface area contributed by atoms with E-state index in [1.54, 1.807) is 6.07 Å². The molecule has 1 saturated carbocycles. The predicted octanol–water partition coefficient (Wildman–Crippen LogP) is 4.07. The highest BCUT2D eigenvalue weighted by Crippen LogP contribution is 2.27. The second-order valence-corrected chi connectivity index (χ2v) is 5.45. The molecule has 1 aliphatic rings. The lowest BCUT2D eigenvalue weighted by atomic mass is 9.90. The fraction of sp³-hybridized carbons (Fsp3) is 0.412. The number of nitriles is 1. The van der Waals surface area contributed by atoms with E-state index in [1.165, 1.54) is 32.1 Å². The minimum Gasteiger partial charge on any atom is -0.491 e. The largest absolute Gasteiger partial charge is 0.491 e. The van der Waals surface area contributed by atoms with Crippen molar-refractivity contribution in [2.45, 2.75) is 32.1 Å². The minimum absolute atomic E-state index is 0.436. The fourth-order valence-corrected chi connectivity index (χ4v) is 2.86. The van der Waals surface area contributed by atoms with E-state index in [0.717, 1.165) is 23.3 Å². The molecule has 1 heterocycles. The number of aromatic nitrogens is 1. The van der Waals surface area contributed by atoms with Crippen LogP contribution in [-0.2, 0) is 0 Å². The highest BCUT2D eigenvalue weighted by molar-refractivity contribution is 5.84. The van der Waals surface area contributed by atoms with Gasteiger partial charge in [-0.1, -0.05) is 31.4 Å². The first kappa shape index (κ1) is 12.9. The summed E-state index contributed by atoms with van der Waals surface area (Å²) < 4.78 is 5.99. The Balaban J connectivity index is 1.81. The molecule has 1 aromatic carbocycles. The Bertz CT molecular complexity index is 639. The first-order valence-electron chi connectivity index (χ1n) is 7.29. The maximum Gasteiger partial charge on any atom is 0.145 e. The third kappa shape index (κ3) is 2.75. The molecule has 2 aromatic rings. The van der Waals surface area contributed by atoms with Gasteiger partial charge in [-0.3, -0.25) is 0 Å². The van der Waals surface area contributed by atoms with E-state index in [2.05, 4.69) is 11.1 Å². The third-order valence-corrected chi connectivity index (χ3v) is 4.00. The van der Waals surface area contributed by atoms with Gasteiger partial charge in [0.2, 0.25) is 0 Å². The van der Waals surface area contributed by atoms with Crippen LogP contribution in [0.5, 0.6) is 5.75 Å². The molecule has 3 heteroatoms. The summed E-state index contributed by atoms with van der Waals surface area (Å²) in [6, 6.07) is 11.7. The van der Waals surface area contributed by atoms with Crippen molar-refractivity contribution in [3.63, 3.8) is 0 Å². The second kappa shape index (κ2) is 5.92. The van der Waals surface area contributed by atoms with Crippen molar-refractivity contribution in [2.75, 3.05) is 6.61 Å². The van der Waals surface area contributed by atoms with Crippen molar-refractivity contribution in [3.05, 3.63) is 36.0 Å². The van der Waals surface area contributed by atoms with Crippen LogP contribution in [0.1, 0.15) is 37.8 Å². The Morgan fingerprint density at radius 2 is 2.00 bits per heavy atom. The highest BCUT2D eigenvalue weighted by Gasteiger charge is 2.14. The van der Waals surface area contributed by atoms with Gasteiger partial charge >= 0.3 is 0 Å². The lowest BCUT2D eigenvalue weighted by molar-refractivity contribution is 0.210. The Morgan fingerprint density at radius 1 is 1.15 bits per heavy atom. The van der Waals surface area contributed by atoms with Gasteiger partial charge in [-0.25, -0.2) is 4.98 Å². The zero-order valence-electron chi connectivity index (χ0n) is 11.5. The summed E-state index contributed by atoms with van der Waals surface area (Å²) in [6.45, 7) is 0.761. The van der Waals surface area contributed by atoms with Crippen LogP contribution in [0.2, 0.25) is 0 Å². The van der Waals surface area contributed by atoms with E-state index in [1.807, 2.05) is 24.3 Å². The van der Waals surface area contributed by atoms with Gasteiger partial charge in [0.15, 0.2) is 0 Å². The van der Waals surface area contributed by atoms with Gasteiger partial charge in [-0.2, -0.15) is 5.26 Å². The van der Waals surface area contributed by atoms with E-state index < -0.39 is 0 Å². The predicted molar refractivity (Wildman–Crippen MR) is 78.5 cm³/mol. The topological polar surface area (TPSA) is 45.9 Å². The lowest BCUT2D eigenvalue weighted by Gasteiger charge is -2.21. The van der Waals surface area contributed by atoms with E-state index in [9.17, 15) is 0 Å². The van der Waals surface area contributed by atoms with E-state index >= 15 is 0 Å². The lowest BCUT2D eigenvalue weighted by Crippen LogP contribution is -2.15. The quantitative estimate of drug-likeness (QED) is 0.841. The summed E-state index contributed by atoms with van der Waals surface area (Å²) >= 11 is 0. The molecular formula is C17H18N2O. The Morgan fingerprint density at radius 3 is 2.80 bits per heavy atom. The molecule has 1 aliphatic carbocycles. The summed E-state index contributed by atoms with van der Waals surface area (Å²) in [7, 11) is 0. The Labute approximate surface area is 119 Å². The van der Waals surface area contributed by atoms with Crippen molar-refractivity contribution in [1.82, 2.24) is 4.98 Å². The van der Waals surface area contributed by atoms with Gasteiger partial charge < -0.3 is 4.74 Å². The molecule has 0 N–H and O–H groups in total. The second-order valence-electron chi connectivity index (χ2n) is 5.45. The van der Waals surface area contributed by atoms with Crippen molar-refractivity contribution >= 4 is 10.9 Å². The maximum atomic E-state index is 8.97. The number of hydrogen-bond acceptors (Lipinski definition) is 3. The molecule has 0 saturated heterocycles. The fourth-order valence-electron chi connectivity index (χ4n) is 2.86. The number of ether oxygens (including phenoxy) is 1. The van der Waals surface area contributed by atoms with Gasteiger partial charge in [0.05, 0.1) is 6.61 Å². The molecular weight excluding hydrogens is 248 g/mol. The van der Waals surface area contributed by atoms with Gasteiger partial charge in [-0.15, -0.1) is 0 Å². The monoisotopic (exact) mass is 266 g/mol. The molecule has 3 nitrogen and oxygen atoms in total. The molecule has 3 rings (SSSR count). The molecule has 102 valence electrons. The maximum absolute atomic E-state index is 8.97. The van der Waals surface area contributed by atoms with Crippen molar-refractivity contribution < 1.29 is 4.74 Å². The average Bonchev–Trinajstić information content (AvgIpc) is 2.53. The van der Waals surface area contributed by atoms with Crippen LogP contribution < -0.4 is 4.74 Å². The number of fused-ring (bicyclic) bond motifs is 1. The molecule has 0 unspecified atom stereocenters. The normalized spacial score (nSPS) is 15.9. The standard InChI is InChI=1S/C17H18N2O/c18-11-15-10-9-14-7-4-8-16(17(14)19-15)20-12-13-5-2-1-3-6-13/h4,7-10,13H,1-3,5-6,12H2. The van der Waals surface area contributed by atoms with Crippen molar-refractivity contribution in [3.8, 4) is 11.8 Å². The number of nitrogens with zero attached hydrogens (tertiary/aromatic N) is 2. The Kier molecular flexibility index (Phi) is 3.83. The average molecular weight is 266 g/mol. The number of hydrogen-bond donors (Lipinski definition) is 0. The molecule has 0 bridgehead atoms. The summed E-state index contributed by atoms with van der Waals surface area (Å²) in [5.74, 6) is 1.46. The van der Waals surface area contributed by atoms with Crippen molar-refractivity contribution in [1.29, 1.82) is 5.26 Å². The van der Waals surface area contributed by atoms with Gasteiger partial charge in [0.25, 0.3) is 0 Å². The SMILES string of the molecule is N#Cc1ccc2cccc(OCC3CCCCC3)c2n1. The number of pyridine rings is 1. The van der Waals surface area contributed by atoms with Crippen LogP contribution in [0.3, 0.4) is 0 Å². The zero-order chi connectivity index (χ0) is 13.8. The van der Waals surface area contributed by atoms with Crippen LogP contribution >= 0.6 is 0 Å². The minimum atomic E-state index is 0.436. The summed E-state index contributed by atoms with van der Waals surface area (Å²) in [5.41, 5.74) is 1.23. The Hall–Kier alpha value is -2.08. The van der Waals surface area contributed by atoms with E-state index in [0.29, 0.717) is 11.6 Å². The molecule has 0 aliphatic heterocycles. The number of rotatable bonds is 3. The summed E-state index contributed by atoms with van der Waals surface area (Å²) in [4.78, 5) is 4.37. The van der Waals surface area contributed by atoms with Crippen LogP contribution in [0.15, 0.2) is 30.3 Å². The summed E-state index contributed by atoms with van der Waals surface area (Å²) in [6.07, 6.45) is 6.53. The first-order chi connectivity index (χ1) is 9.86. The first-order valence-corrected chi connectivity index (χ1v) is 7.29. The number of benzene rings is 1. The van der Waals surface area contributed by atoms with Crippen LogP contribution in [0, 0.1) is 17.2 Å². The third-order valence-electron chi connectivity index (χ3n) is 4.00. The molecule has 0 atom stereocenters. The molecule has 1 aromatic heterocycles. The van der Waals surface area contributed by atoms with Crippen LogP contribution in [0.4, 0.5) is 0 Å². The van der Waals surface area contributed by atoms with E-state index in [4.69, 9.17) is 10.00 Å². The smallest absolute Gasteiger partial charge is 0.145 e. The van der Waals surface area contributed by atoms with Gasteiger partial charge in [-0.05, 0) is 37.0 Å². The molecule has 0 spiro atoms. The van der Waals surface area contributed by atoms with E-state index in [-0.39, 0.29) is 0 Å². The molecule has 0 amide bonds. The number of para-hydroxylation sites is 1. The zero-order valence-corrected chi connectivity index (χ0v) is 11.5. The summed E-state index contributed by atoms with van der Waals surface area (Å²) in [5, 5.41) is 9.99. The van der Waals surface area contributed by atoms with Gasteiger partial charge in [0, 0.05) is 5.39 Å². The van der Waals surface area contributed by atoms with Crippen LogP contribution in [0.25, 0.3) is 10.9 Å². The molecule has 0 radical (unpaired) electrons. The molecule has 20 heavy (non-hydrogen) atoms. The highest BCUT2D eigenvalue weighted by atomic mass is 16.5. The van der Waals surface area contributed by atoms with Gasteiger partial charge in [0.1, 0.15) is 23.0 Å². The van der Waals surface area contributed by atoms with Crippen molar-refractivity contribution in [2.24, 2.45) is 5.92 Å². The van der Waals surface area contributed by atoms with Crippen LogP contribution in [-0.4, -0.2) is 11.6 Å². The molecule has 1 fully saturated rings.